The fourth-order valence-electron chi connectivity index (χ4n) is 1.56. The van der Waals surface area contributed by atoms with Gasteiger partial charge in [0.1, 0.15) is 0 Å². The average Bonchev–Trinajstić information content (AvgIpc) is 2.45. The summed E-state index contributed by atoms with van der Waals surface area (Å²) in [6.07, 6.45) is 0. The minimum atomic E-state index is -3.34. The molecule has 0 aliphatic heterocycles. The standard InChI is InChI=1S/C13H19NO5S/c1-14(20(16,17)9-8-18-2)10-11-4-6-12(7-5-11)13(15)19-3/h4-7H,8-10H2,1-3H3. The normalized spacial score (nSPS) is 11.6. The Morgan fingerprint density at radius 3 is 2.30 bits per heavy atom. The van der Waals surface area contributed by atoms with Crippen LogP contribution in [0.15, 0.2) is 24.3 Å². The highest BCUT2D eigenvalue weighted by Crippen LogP contribution is 2.10. The lowest BCUT2D eigenvalue weighted by atomic mass is 10.1. The molecular formula is C13H19NO5S. The first-order chi connectivity index (χ1) is 9.40. The van der Waals surface area contributed by atoms with Crippen LogP contribution in [0.2, 0.25) is 0 Å². The summed E-state index contributed by atoms with van der Waals surface area (Å²) in [5, 5.41) is 0. The SMILES string of the molecule is COCCS(=O)(=O)N(C)Cc1ccc(C(=O)OC)cc1. The van der Waals surface area contributed by atoms with Crippen molar-refractivity contribution in [3.63, 3.8) is 0 Å². The summed E-state index contributed by atoms with van der Waals surface area (Å²) in [6, 6.07) is 6.62. The molecule has 0 radical (unpaired) electrons. The molecule has 0 bridgehead atoms. The van der Waals surface area contributed by atoms with Crippen LogP contribution in [-0.2, 0) is 26.0 Å². The number of sulfonamides is 1. The number of benzene rings is 1. The number of carbonyl (C=O) groups is 1. The zero-order valence-electron chi connectivity index (χ0n) is 11.8. The molecule has 0 spiro atoms. The van der Waals surface area contributed by atoms with Crippen LogP contribution in [0.25, 0.3) is 0 Å². The highest BCUT2D eigenvalue weighted by molar-refractivity contribution is 7.89. The first-order valence-corrected chi connectivity index (χ1v) is 7.62. The minimum absolute atomic E-state index is 0.0553. The van der Waals surface area contributed by atoms with E-state index in [1.807, 2.05) is 0 Å². The molecule has 0 saturated carbocycles. The summed E-state index contributed by atoms with van der Waals surface area (Å²) in [7, 11) is 0.949. The third-order valence-corrected chi connectivity index (χ3v) is 4.56. The van der Waals surface area contributed by atoms with Gasteiger partial charge in [-0.3, -0.25) is 0 Å². The molecule has 0 aliphatic carbocycles. The molecular weight excluding hydrogens is 282 g/mol. The lowest BCUT2D eigenvalue weighted by molar-refractivity contribution is 0.0600. The monoisotopic (exact) mass is 301 g/mol. The molecule has 0 fully saturated rings. The number of ether oxygens (including phenoxy) is 2. The molecule has 0 heterocycles. The van der Waals surface area contributed by atoms with Crippen LogP contribution in [0.4, 0.5) is 0 Å². The molecule has 1 aromatic rings. The van der Waals surface area contributed by atoms with E-state index in [0.29, 0.717) is 5.56 Å². The number of hydrogen-bond donors (Lipinski definition) is 0. The molecule has 0 aromatic heterocycles. The molecule has 6 nitrogen and oxygen atoms in total. The Morgan fingerprint density at radius 1 is 1.20 bits per heavy atom. The van der Waals surface area contributed by atoms with E-state index < -0.39 is 16.0 Å². The molecule has 0 unspecified atom stereocenters. The minimum Gasteiger partial charge on any atom is -0.465 e. The van der Waals surface area contributed by atoms with Gasteiger partial charge in [-0.2, -0.15) is 0 Å². The smallest absolute Gasteiger partial charge is 0.337 e. The van der Waals surface area contributed by atoms with Crippen LogP contribution in [0, 0.1) is 0 Å². The Kier molecular flexibility index (Phi) is 6.12. The highest BCUT2D eigenvalue weighted by Gasteiger charge is 2.17. The predicted molar refractivity (Wildman–Crippen MR) is 74.9 cm³/mol. The Labute approximate surface area is 119 Å². The number of nitrogens with zero attached hydrogens (tertiary/aromatic N) is 1. The van der Waals surface area contributed by atoms with Crippen LogP contribution >= 0.6 is 0 Å². The summed E-state index contributed by atoms with van der Waals surface area (Å²) in [4.78, 5) is 11.3. The zero-order valence-corrected chi connectivity index (χ0v) is 12.6. The summed E-state index contributed by atoms with van der Waals surface area (Å²) < 4.78 is 34.4. The van der Waals surface area contributed by atoms with E-state index in [4.69, 9.17) is 4.74 Å². The Bertz CT molecular complexity index is 538. The third kappa shape index (κ3) is 4.59. The van der Waals surface area contributed by atoms with Gasteiger partial charge in [0, 0.05) is 20.7 Å². The molecule has 7 heteroatoms. The van der Waals surface area contributed by atoms with E-state index in [1.165, 1.54) is 25.6 Å². The van der Waals surface area contributed by atoms with Gasteiger partial charge < -0.3 is 9.47 Å². The van der Waals surface area contributed by atoms with Crippen LogP contribution < -0.4 is 0 Å². The summed E-state index contributed by atoms with van der Waals surface area (Å²) in [5.41, 5.74) is 1.22. The molecule has 0 amide bonds. The fraction of sp³-hybridized carbons (Fsp3) is 0.462. The highest BCUT2D eigenvalue weighted by atomic mass is 32.2. The Morgan fingerprint density at radius 2 is 1.80 bits per heavy atom. The Balaban J connectivity index is 2.71. The lowest BCUT2D eigenvalue weighted by Gasteiger charge is -2.17. The maximum atomic E-state index is 11.9. The van der Waals surface area contributed by atoms with Crippen LogP contribution in [0.3, 0.4) is 0 Å². The fourth-order valence-corrected chi connectivity index (χ4v) is 2.60. The van der Waals surface area contributed by atoms with Crippen molar-refractivity contribution in [3.05, 3.63) is 35.4 Å². The van der Waals surface area contributed by atoms with Crippen molar-refractivity contribution in [3.8, 4) is 0 Å². The average molecular weight is 301 g/mol. The van der Waals surface area contributed by atoms with E-state index in [1.54, 1.807) is 24.3 Å². The van der Waals surface area contributed by atoms with Gasteiger partial charge in [0.05, 0.1) is 25.0 Å². The van der Waals surface area contributed by atoms with Gasteiger partial charge in [-0.1, -0.05) is 12.1 Å². The van der Waals surface area contributed by atoms with Gasteiger partial charge in [0.2, 0.25) is 10.0 Å². The van der Waals surface area contributed by atoms with Crippen LogP contribution in [-0.4, -0.2) is 52.3 Å². The first-order valence-electron chi connectivity index (χ1n) is 6.01. The Hall–Kier alpha value is -1.44. The second-order valence-corrected chi connectivity index (χ2v) is 6.45. The molecule has 0 saturated heterocycles. The van der Waals surface area contributed by atoms with Crippen molar-refractivity contribution in [1.29, 1.82) is 0 Å². The molecule has 0 aliphatic rings. The summed E-state index contributed by atoms with van der Waals surface area (Å²) in [6.45, 7) is 0.404. The third-order valence-electron chi connectivity index (χ3n) is 2.80. The van der Waals surface area contributed by atoms with Crippen LogP contribution in [0.5, 0.6) is 0 Å². The van der Waals surface area contributed by atoms with E-state index in [-0.39, 0.29) is 18.9 Å². The van der Waals surface area contributed by atoms with Gasteiger partial charge in [0.25, 0.3) is 0 Å². The van der Waals surface area contributed by atoms with Crippen molar-refractivity contribution >= 4 is 16.0 Å². The maximum absolute atomic E-state index is 11.9. The van der Waals surface area contributed by atoms with Gasteiger partial charge in [-0.05, 0) is 17.7 Å². The van der Waals surface area contributed by atoms with Crippen LogP contribution in [0.1, 0.15) is 15.9 Å². The topological polar surface area (TPSA) is 72.9 Å². The van der Waals surface area contributed by atoms with E-state index in [0.717, 1.165) is 5.56 Å². The molecule has 1 rings (SSSR count). The maximum Gasteiger partial charge on any atom is 0.337 e. The largest absolute Gasteiger partial charge is 0.465 e. The second-order valence-electron chi connectivity index (χ2n) is 4.25. The quantitative estimate of drug-likeness (QED) is 0.699. The van der Waals surface area contributed by atoms with Crippen molar-refractivity contribution in [2.24, 2.45) is 0 Å². The van der Waals surface area contributed by atoms with Gasteiger partial charge >= 0.3 is 5.97 Å². The van der Waals surface area contributed by atoms with Crippen molar-refractivity contribution in [1.82, 2.24) is 4.31 Å². The molecule has 0 N–H and O–H groups in total. The predicted octanol–water partition coefficient (Wildman–Crippen LogP) is 0.881. The van der Waals surface area contributed by atoms with Gasteiger partial charge in [-0.15, -0.1) is 0 Å². The van der Waals surface area contributed by atoms with Crippen molar-refractivity contribution in [2.75, 3.05) is 33.6 Å². The lowest BCUT2D eigenvalue weighted by Crippen LogP contribution is -2.30. The number of hydrogen-bond acceptors (Lipinski definition) is 5. The zero-order chi connectivity index (χ0) is 15.2. The number of carbonyl (C=O) groups excluding carboxylic acids is 1. The molecule has 112 valence electrons. The number of esters is 1. The number of methoxy groups -OCH3 is 2. The van der Waals surface area contributed by atoms with Crippen molar-refractivity contribution in [2.45, 2.75) is 6.54 Å². The first kappa shape index (κ1) is 16.6. The molecule has 0 atom stereocenters. The summed E-state index contributed by atoms with van der Waals surface area (Å²) >= 11 is 0. The molecule has 20 heavy (non-hydrogen) atoms. The van der Waals surface area contributed by atoms with E-state index >= 15 is 0 Å². The van der Waals surface area contributed by atoms with E-state index in [9.17, 15) is 13.2 Å². The summed E-state index contributed by atoms with van der Waals surface area (Å²) in [5.74, 6) is -0.474. The second kappa shape index (κ2) is 7.37. The van der Waals surface area contributed by atoms with Gasteiger partial charge in [-0.25, -0.2) is 17.5 Å². The van der Waals surface area contributed by atoms with E-state index in [2.05, 4.69) is 4.74 Å². The number of rotatable bonds is 7. The van der Waals surface area contributed by atoms with Crippen molar-refractivity contribution < 1.29 is 22.7 Å². The molecule has 1 aromatic carbocycles. The van der Waals surface area contributed by atoms with Gasteiger partial charge in [0.15, 0.2) is 0 Å².